The summed E-state index contributed by atoms with van der Waals surface area (Å²) in [4.78, 5) is 4.11. The standard InChI is InChI=1S/C11H15N5O2S/c1-16-5-4-14-11(16)7-15-9-3-2-8(12)6-10(9)19(13,17)18/h2-6,15H,7,12H2,1H3,(H2,13,17,18). The number of aryl methyl sites for hydroxylation is 1. The first kappa shape index (κ1) is 13.4. The zero-order chi connectivity index (χ0) is 14.0. The van der Waals surface area contributed by atoms with Crippen LogP contribution in [0, 0.1) is 0 Å². The van der Waals surface area contributed by atoms with Gasteiger partial charge < -0.3 is 15.6 Å². The van der Waals surface area contributed by atoms with Crippen LogP contribution in [0.4, 0.5) is 11.4 Å². The Morgan fingerprint density at radius 2 is 2.16 bits per heavy atom. The topological polar surface area (TPSA) is 116 Å². The third-order valence-corrected chi connectivity index (χ3v) is 3.62. The Balaban J connectivity index is 2.28. The van der Waals surface area contributed by atoms with Crippen LogP contribution < -0.4 is 16.2 Å². The van der Waals surface area contributed by atoms with Crippen LogP contribution >= 0.6 is 0 Å². The van der Waals surface area contributed by atoms with Crippen LogP contribution in [0.15, 0.2) is 35.5 Å². The molecule has 7 nitrogen and oxygen atoms in total. The van der Waals surface area contributed by atoms with Gasteiger partial charge in [-0.1, -0.05) is 0 Å². The van der Waals surface area contributed by atoms with Crippen LogP contribution in [0.25, 0.3) is 0 Å². The molecule has 102 valence electrons. The minimum absolute atomic E-state index is 0.0262. The Kier molecular flexibility index (Phi) is 3.45. The quantitative estimate of drug-likeness (QED) is 0.695. The number of hydrogen-bond acceptors (Lipinski definition) is 5. The number of aromatic nitrogens is 2. The van der Waals surface area contributed by atoms with Crippen LogP contribution in [-0.4, -0.2) is 18.0 Å². The molecule has 0 amide bonds. The average Bonchev–Trinajstić information content (AvgIpc) is 2.72. The van der Waals surface area contributed by atoms with Gasteiger partial charge in [0, 0.05) is 25.1 Å². The molecule has 0 saturated heterocycles. The molecular formula is C11H15N5O2S. The van der Waals surface area contributed by atoms with Gasteiger partial charge in [-0.3, -0.25) is 0 Å². The number of nitrogens with two attached hydrogens (primary N) is 2. The lowest BCUT2D eigenvalue weighted by Gasteiger charge is -2.11. The summed E-state index contributed by atoms with van der Waals surface area (Å²) in [5, 5.41) is 8.15. The second-order valence-electron chi connectivity index (χ2n) is 4.11. The zero-order valence-corrected chi connectivity index (χ0v) is 11.2. The summed E-state index contributed by atoms with van der Waals surface area (Å²) in [6.07, 6.45) is 3.47. The maximum atomic E-state index is 11.5. The van der Waals surface area contributed by atoms with Crippen molar-refractivity contribution in [3.8, 4) is 0 Å². The molecule has 0 unspecified atom stereocenters. The molecule has 0 aliphatic heterocycles. The number of benzene rings is 1. The van der Waals surface area contributed by atoms with E-state index in [4.69, 9.17) is 10.9 Å². The molecule has 1 heterocycles. The number of nitrogen functional groups attached to an aromatic ring is 1. The molecule has 0 aliphatic rings. The summed E-state index contributed by atoms with van der Waals surface area (Å²) < 4.78 is 24.8. The maximum Gasteiger partial charge on any atom is 0.240 e. The predicted molar refractivity (Wildman–Crippen MR) is 72.8 cm³/mol. The van der Waals surface area contributed by atoms with Gasteiger partial charge in [0.1, 0.15) is 10.7 Å². The smallest absolute Gasteiger partial charge is 0.240 e. The van der Waals surface area contributed by atoms with Crippen molar-refractivity contribution in [2.45, 2.75) is 11.4 Å². The minimum atomic E-state index is -3.83. The molecule has 0 aliphatic carbocycles. The summed E-state index contributed by atoms with van der Waals surface area (Å²) in [5.74, 6) is 0.775. The minimum Gasteiger partial charge on any atom is -0.399 e. The van der Waals surface area contributed by atoms with E-state index >= 15 is 0 Å². The zero-order valence-electron chi connectivity index (χ0n) is 10.4. The molecule has 1 aromatic heterocycles. The van der Waals surface area contributed by atoms with Crippen molar-refractivity contribution in [2.24, 2.45) is 12.2 Å². The predicted octanol–water partition coefficient (Wildman–Crippen LogP) is 0.262. The summed E-state index contributed by atoms with van der Waals surface area (Å²) in [6, 6.07) is 4.52. The van der Waals surface area contributed by atoms with Crippen LogP contribution in [-0.2, 0) is 23.6 Å². The maximum absolute atomic E-state index is 11.5. The van der Waals surface area contributed by atoms with Crippen molar-refractivity contribution in [1.29, 1.82) is 0 Å². The fraction of sp³-hybridized carbons (Fsp3) is 0.182. The lowest BCUT2D eigenvalue weighted by atomic mass is 10.3. The number of sulfonamides is 1. The summed E-state index contributed by atoms with van der Waals surface area (Å²) in [7, 11) is -1.97. The molecule has 0 atom stereocenters. The second kappa shape index (κ2) is 4.90. The van der Waals surface area contributed by atoms with Gasteiger partial charge in [0.2, 0.25) is 10.0 Å². The third kappa shape index (κ3) is 3.04. The number of hydrogen-bond donors (Lipinski definition) is 3. The van der Waals surface area contributed by atoms with Crippen molar-refractivity contribution in [2.75, 3.05) is 11.1 Å². The van der Waals surface area contributed by atoms with Crippen LogP contribution in [0.5, 0.6) is 0 Å². The highest BCUT2D eigenvalue weighted by Gasteiger charge is 2.14. The van der Waals surface area contributed by atoms with E-state index in [-0.39, 0.29) is 4.90 Å². The molecule has 0 radical (unpaired) electrons. The molecule has 0 spiro atoms. The van der Waals surface area contributed by atoms with E-state index in [0.29, 0.717) is 17.9 Å². The van der Waals surface area contributed by atoms with Gasteiger partial charge >= 0.3 is 0 Å². The van der Waals surface area contributed by atoms with Crippen molar-refractivity contribution in [3.05, 3.63) is 36.4 Å². The van der Waals surface area contributed by atoms with E-state index in [1.54, 1.807) is 24.5 Å². The highest BCUT2D eigenvalue weighted by atomic mass is 32.2. The first-order valence-electron chi connectivity index (χ1n) is 5.50. The number of nitrogens with zero attached hydrogens (tertiary/aromatic N) is 2. The second-order valence-corrected chi connectivity index (χ2v) is 5.64. The first-order valence-corrected chi connectivity index (χ1v) is 7.05. The van der Waals surface area contributed by atoms with Gasteiger partial charge in [-0.2, -0.15) is 0 Å². The van der Waals surface area contributed by atoms with Crippen LogP contribution in [0.2, 0.25) is 0 Å². The largest absolute Gasteiger partial charge is 0.399 e. The molecule has 1 aromatic carbocycles. The Hall–Kier alpha value is -2.06. The van der Waals surface area contributed by atoms with Gasteiger partial charge in [0.05, 0.1) is 12.2 Å². The molecule has 2 rings (SSSR count). The molecule has 8 heteroatoms. The summed E-state index contributed by atoms with van der Waals surface area (Å²) in [6.45, 7) is 0.385. The number of rotatable bonds is 4. The number of imidazole rings is 1. The number of primary sulfonamides is 1. The monoisotopic (exact) mass is 281 g/mol. The molecule has 19 heavy (non-hydrogen) atoms. The van der Waals surface area contributed by atoms with E-state index in [2.05, 4.69) is 10.3 Å². The molecular weight excluding hydrogens is 266 g/mol. The fourth-order valence-electron chi connectivity index (χ4n) is 1.66. The van der Waals surface area contributed by atoms with Gasteiger partial charge in [0.25, 0.3) is 0 Å². The Labute approximate surface area is 111 Å². The van der Waals surface area contributed by atoms with Crippen molar-refractivity contribution >= 4 is 21.4 Å². The Morgan fingerprint density at radius 3 is 2.74 bits per heavy atom. The number of nitrogens with one attached hydrogen (secondary N) is 1. The van der Waals surface area contributed by atoms with E-state index in [1.807, 2.05) is 11.6 Å². The lowest BCUT2D eigenvalue weighted by Crippen LogP contribution is -2.16. The van der Waals surface area contributed by atoms with Crippen molar-refractivity contribution < 1.29 is 8.42 Å². The third-order valence-electron chi connectivity index (χ3n) is 2.67. The van der Waals surface area contributed by atoms with Gasteiger partial charge in [-0.05, 0) is 18.2 Å². The summed E-state index contributed by atoms with van der Waals surface area (Å²) >= 11 is 0. The SMILES string of the molecule is Cn1ccnc1CNc1ccc(N)cc1S(N)(=O)=O. The molecule has 0 saturated carbocycles. The highest BCUT2D eigenvalue weighted by molar-refractivity contribution is 7.89. The Bertz CT molecular complexity index is 693. The van der Waals surface area contributed by atoms with E-state index in [0.717, 1.165) is 5.82 Å². The van der Waals surface area contributed by atoms with Gasteiger partial charge in [0.15, 0.2) is 0 Å². The Morgan fingerprint density at radius 1 is 1.42 bits per heavy atom. The fourth-order valence-corrected chi connectivity index (χ4v) is 2.41. The molecule has 2 aromatic rings. The average molecular weight is 281 g/mol. The van der Waals surface area contributed by atoms with Crippen molar-refractivity contribution in [1.82, 2.24) is 9.55 Å². The molecule has 5 N–H and O–H groups in total. The number of anilines is 2. The molecule has 0 fully saturated rings. The van der Waals surface area contributed by atoms with Crippen LogP contribution in [0.1, 0.15) is 5.82 Å². The van der Waals surface area contributed by atoms with Crippen molar-refractivity contribution in [3.63, 3.8) is 0 Å². The van der Waals surface area contributed by atoms with E-state index in [1.165, 1.54) is 6.07 Å². The lowest BCUT2D eigenvalue weighted by molar-refractivity contribution is 0.598. The van der Waals surface area contributed by atoms with Gasteiger partial charge in [-0.15, -0.1) is 0 Å². The van der Waals surface area contributed by atoms with E-state index in [9.17, 15) is 8.42 Å². The normalized spacial score (nSPS) is 11.5. The van der Waals surface area contributed by atoms with Gasteiger partial charge in [-0.25, -0.2) is 18.5 Å². The first-order chi connectivity index (χ1) is 8.88. The summed E-state index contributed by atoms with van der Waals surface area (Å²) in [5.41, 5.74) is 6.32. The molecule has 0 bridgehead atoms. The van der Waals surface area contributed by atoms with E-state index < -0.39 is 10.0 Å². The van der Waals surface area contributed by atoms with Crippen LogP contribution in [0.3, 0.4) is 0 Å². The highest BCUT2D eigenvalue weighted by Crippen LogP contribution is 2.23.